The molecule has 1 aliphatic heterocycles. The number of likely N-dealkylation sites (tertiary alicyclic amines) is 1. The molecule has 1 rings (SSSR count). The smallest absolute Gasteiger partial charge is 0.343 e. The summed E-state index contributed by atoms with van der Waals surface area (Å²) in [5.41, 5.74) is -2.10. The van der Waals surface area contributed by atoms with E-state index in [0.29, 0.717) is 0 Å². The number of carbonyl (C=O) groups is 2. The third-order valence-electron chi connectivity index (χ3n) is 2.95. The lowest BCUT2D eigenvalue weighted by Crippen LogP contribution is -2.30. The fourth-order valence-electron chi connectivity index (χ4n) is 1.58. The molecule has 1 saturated heterocycles. The second-order valence-corrected chi connectivity index (χ2v) is 7.68. The van der Waals surface area contributed by atoms with Crippen LogP contribution in [0.5, 0.6) is 0 Å². The minimum absolute atomic E-state index is 0.198. The number of rotatable bonds is 4. The molecule has 1 amide bonds. The minimum atomic E-state index is -4.31. The highest BCUT2D eigenvalue weighted by atomic mass is 31.2. The van der Waals surface area contributed by atoms with Crippen molar-refractivity contribution in [1.82, 2.24) is 4.90 Å². The Balaban J connectivity index is 2.57. The predicted molar refractivity (Wildman–Crippen MR) is 68.5 cm³/mol. The van der Waals surface area contributed by atoms with Gasteiger partial charge in [-0.2, -0.15) is 0 Å². The fraction of sp³-hybridized carbons (Fsp3) is 0.818. The summed E-state index contributed by atoms with van der Waals surface area (Å²) in [5, 5.41) is 9.45. The molecule has 1 aliphatic rings. The van der Waals surface area contributed by atoms with Crippen molar-refractivity contribution in [1.29, 1.82) is 0 Å². The van der Waals surface area contributed by atoms with Crippen LogP contribution >= 0.6 is 7.60 Å². The number of aliphatic hydroxyl groups excluding tert-OH is 1. The van der Waals surface area contributed by atoms with Crippen LogP contribution in [0, 0.1) is 5.41 Å². The standard InChI is InChI=1S/C11H20NO7P/c1-11(2,3)10(15)18-6-19-20(16,17)7-5-8(13)12(4)9(7)14/h7-8,13H,5-6H2,1-4H3,(H,16,17)/t7-,8-/m0/s1. The second kappa shape index (κ2) is 5.81. The van der Waals surface area contributed by atoms with Crippen LogP contribution in [0.2, 0.25) is 0 Å². The number of carbonyl (C=O) groups excluding carboxylic acids is 2. The summed E-state index contributed by atoms with van der Waals surface area (Å²) in [6.45, 7) is 4.16. The Kier molecular flexibility index (Phi) is 4.97. The van der Waals surface area contributed by atoms with Crippen molar-refractivity contribution in [2.24, 2.45) is 5.41 Å². The molecule has 0 aromatic rings. The van der Waals surface area contributed by atoms with E-state index in [2.05, 4.69) is 4.52 Å². The maximum absolute atomic E-state index is 11.9. The lowest BCUT2D eigenvalue weighted by molar-refractivity contribution is -0.159. The molecule has 0 aliphatic carbocycles. The summed E-state index contributed by atoms with van der Waals surface area (Å²) < 4.78 is 21.3. The topological polar surface area (TPSA) is 113 Å². The van der Waals surface area contributed by atoms with Crippen molar-refractivity contribution < 1.29 is 33.4 Å². The maximum Gasteiger partial charge on any atom is 0.343 e. The van der Waals surface area contributed by atoms with Crippen LogP contribution in [0.15, 0.2) is 0 Å². The van der Waals surface area contributed by atoms with Crippen LogP contribution in [-0.2, 0) is 23.4 Å². The first-order valence-corrected chi connectivity index (χ1v) is 7.70. The number of hydrogen-bond acceptors (Lipinski definition) is 6. The van der Waals surface area contributed by atoms with Crippen molar-refractivity contribution in [3.8, 4) is 0 Å². The highest BCUT2D eigenvalue weighted by molar-refractivity contribution is 7.54. The first-order chi connectivity index (χ1) is 8.97. The Labute approximate surface area is 117 Å². The molecule has 0 saturated carbocycles. The summed E-state index contributed by atoms with van der Waals surface area (Å²) in [5.74, 6) is -1.27. The van der Waals surface area contributed by atoms with E-state index in [4.69, 9.17) is 4.74 Å². The number of ether oxygens (including phenoxy) is 1. The van der Waals surface area contributed by atoms with Gasteiger partial charge in [-0.15, -0.1) is 0 Å². The molecule has 1 fully saturated rings. The molecule has 116 valence electrons. The molecule has 1 heterocycles. The van der Waals surface area contributed by atoms with E-state index < -0.39 is 43.6 Å². The van der Waals surface area contributed by atoms with Crippen molar-refractivity contribution in [3.63, 3.8) is 0 Å². The van der Waals surface area contributed by atoms with Gasteiger partial charge in [-0.05, 0) is 20.8 Å². The lowest BCUT2D eigenvalue weighted by atomic mass is 9.98. The van der Waals surface area contributed by atoms with Crippen molar-refractivity contribution in [3.05, 3.63) is 0 Å². The van der Waals surface area contributed by atoms with Gasteiger partial charge in [0, 0.05) is 13.5 Å². The zero-order valence-corrected chi connectivity index (χ0v) is 12.8. The van der Waals surface area contributed by atoms with Gasteiger partial charge in [-0.3, -0.25) is 18.7 Å². The van der Waals surface area contributed by atoms with Gasteiger partial charge in [-0.1, -0.05) is 0 Å². The normalized spacial score (nSPS) is 26.5. The summed E-state index contributed by atoms with van der Waals surface area (Å²) in [6, 6.07) is 0. The Morgan fingerprint density at radius 3 is 2.45 bits per heavy atom. The summed E-state index contributed by atoms with van der Waals surface area (Å²) >= 11 is 0. The number of amides is 1. The van der Waals surface area contributed by atoms with E-state index >= 15 is 0 Å². The Bertz CT molecular complexity index is 445. The van der Waals surface area contributed by atoms with E-state index in [0.717, 1.165) is 4.90 Å². The molecule has 20 heavy (non-hydrogen) atoms. The molecule has 0 radical (unpaired) electrons. The summed E-state index contributed by atoms with van der Waals surface area (Å²) in [7, 11) is -2.98. The lowest BCUT2D eigenvalue weighted by Gasteiger charge is -2.19. The molecule has 0 bridgehead atoms. The molecule has 9 heteroatoms. The van der Waals surface area contributed by atoms with Gasteiger partial charge < -0.3 is 19.6 Å². The molecule has 2 N–H and O–H groups in total. The van der Waals surface area contributed by atoms with Crippen LogP contribution in [0.3, 0.4) is 0 Å². The molecule has 0 spiro atoms. The molecule has 8 nitrogen and oxygen atoms in total. The van der Waals surface area contributed by atoms with Crippen LogP contribution in [0.25, 0.3) is 0 Å². The molecule has 0 aromatic heterocycles. The van der Waals surface area contributed by atoms with Gasteiger partial charge >= 0.3 is 13.6 Å². The predicted octanol–water partition coefficient (Wildman–Crippen LogP) is 0.284. The SMILES string of the molecule is CN1C(=O)[C@@H](P(=O)(O)OCOC(=O)C(C)(C)C)C[C@@H]1O. The number of hydrogen-bond donors (Lipinski definition) is 2. The van der Waals surface area contributed by atoms with E-state index in [1.54, 1.807) is 20.8 Å². The van der Waals surface area contributed by atoms with Crippen LogP contribution in [0.1, 0.15) is 27.2 Å². The van der Waals surface area contributed by atoms with Crippen LogP contribution in [0.4, 0.5) is 0 Å². The zero-order valence-electron chi connectivity index (χ0n) is 11.9. The largest absolute Gasteiger partial charge is 0.438 e. The zero-order chi connectivity index (χ0) is 15.7. The van der Waals surface area contributed by atoms with E-state index in [-0.39, 0.29) is 6.42 Å². The quantitative estimate of drug-likeness (QED) is 0.435. The van der Waals surface area contributed by atoms with Gasteiger partial charge in [0.1, 0.15) is 11.9 Å². The highest BCUT2D eigenvalue weighted by Crippen LogP contribution is 2.52. The summed E-state index contributed by atoms with van der Waals surface area (Å²) in [4.78, 5) is 33.8. The Hall–Kier alpha value is -0.950. The van der Waals surface area contributed by atoms with Gasteiger partial charge in [0.25, 0.3) is 0 Å². The first kappa shape index (κ1) is 17.1. The van der Waals surface area contributed by atoms with E-state index in [9.17, 15) is 24.2 Å². The van der Waals surface area contributed by atoms with Crippen LogP contribution in [-0.4, -0.2) is 52.5 Å². The average Bonchev–Trinajstić information content (AvgIpc) is 2.56. The van der Waals surface area contributed by atoms with Crippen molar-refractivity contribution >= 4 is 19.5 Å². The number of aliphatic hydroxyl groups is 1. The summed E-state index contributed by atoms with van der Waals surface area (Å²) in [6.07, 6.45) is -1.32. The van der Waals surface area contributed by atoms with Gasteiger partial charge in [0.2, 0.25) is 12.7 Å². The Morgan fingerprint density at radius 2 is 2.05 bits per heavy atom. The number of esters is 1. The van der Waals surface area contributed by atoms with Gasteiger partial charge in [0.05, 0.1) is 5.41 Å². The first-order valence-electron chi connectivity index (χ1n) is 6.06. The number of nitrogens with zero attached hydrogens (tertiary/aromatic N) is 1. The Morgan fingerprint density at radius 1 is 1.50 bits per heavy atom. The van der Waals surface area contributed by atoms with Gasteiger partial charge in [-0.25, -0.2) is 0 Å². The highest BCUT2D eigenvalue weighted by Gasteiger charge is 2.48. The van der Waals surface area contributed by atoms with Crippen molar-refractivity contribution in [2.75, 3.05) is 13.8 Å². The minimum Gasteiger partial charge on any atom is -0.438 e. The third kappa shape index (κ3) is 3.79. The molecule has 3 atom stereocenters. The van der Waals surface area contributed by atoms with Crippen molar-refractivity contribution in [2.45, 2.75) is 39.1 Å². The molecular weight excluding hydrogens is 289 g/mol. The molecule has 1 unspecified atom stereocenters. The molecule has 0 aromatic carbocycles. The van der Waals surface area contributed by atoms with Gasteiger partial charge in [0.15, 0.2) is 0 Å². The van der Waals surface area contributed by atoms with Crippen LogP contribution < -0.4 is 0 Å². The maximum atomic E-state index is 11.9. The monoisotopic (exact) mass is 309 g/mol. The van der Waals surface area contributed by atoms with E-state index in [1.165, 1.54) is 7.05 Å². The van der Waals surface area contributed by atoms with E-state index in [1.807, 2.05) is 0 Å². The fourth-order valence-corrected chi connectivity index (χ4v) is 2.88. The molecular formula is C11H20NO7P. The average molecular weight is 309 g/mol. The third-order valence-corrected chi connectivity index (χ3v) is 4.64. The second-order valence-electron chi connectivity index (χ2n) is 5.67.